The topological polar surface area (TPSA) is 59.2 Å². The second-order valence-corrected chi connectivity index (χ2v) is 8.39. The number of carbonyl (C=O) groups excluding carboxylic acids is 1. The quantitative estimate of drug-likeness (QED) is 0.661. The number of aryl methyl sites for hydroxylation is 2. The summed E-state index contributed by atoms with van der Waals surface area (Å²) in [5.74, 6) is 1.50. The van der Waals surface area contributed by atoms with Gasteiger partial charge < -0.3 is 9.32 Å². The number of benzene rings is 1. The van der Waals surface area contributed by atoms with Crippen LogP contribution in [0.2, 0.25) is 0 Å². The number of anilines is 1. The normalized spacial score (nSPS) is 17.9. The summed E-state index contributed by atoms with van der Waals surface area (Å²) < 4.78 is 6.12. The predicted molar refractivity (Wildman–Crippen MR) is 108 cm³/mol. The summed E-state index contributed by atoms with van der Waals surface area (Å²) in [5.41, 5.74) is 5.22. The van der Waals surface area contributed by atoms with Crippen molar-refractivity contribution < 1.29 is 9.21 Å². The Morgan fingerprint density at radius 3 is 2.54 bits per heavy atom. The van der Waals surface area contributed by atoms with Gasteiger partial charge >= 0.3 is 0 Å². The van der Waals surface area contributed by atoms with Gasteiger partial charge in [-0.3, -0.25) is 9.78 Å². The molecule has 0 N–H and O–H groups in total. The number of carbonyl (C=O) groups is 1. The van der Waals surface area contributed by atoms with E-state index in [4.69, 9.17) is 4.42 Å². The van der Waals surface area contributed by atoms with E-state index < -0.39 is 5.41 Å². The van der Waals surface area contributed by atoms with Crippen molar-refractivity contribution in [2.45, 2.75) is 52.0 Å². The molecule has 2 aliphatic rings. The molecule has 0 unspecified atom stereocenters. The molecule has 3 aromatic rings. The second-order valence-electron chi connectivity index (χ2n) is 8.39. The lowest BCUT2D eigenvalue weighted by atomic mass is 9.85. The molecule has 0 bridgehead atoms. The van der Waals surface area contributed by atoms with Crippen molar-refractivity contribution in [3.05, 3.63) is 53.5 Å². The number of amides is 1. The summed E-state index contributed by atoms with van der Waals surface area (Å²) in [4.78, 5) is 23.9. The van der Waals surface area contributed by atoms with Crippen molar-refractivity contribution in [3.8, 4) is 22.8 Å². The molecule has 1 amide bonds. The van der Waals surface area contributed by atoms with Crippen LogP contribution in [0, 0.1) is 13.8 Å². The summed E-state index contributed by atoms with van der Waals surface area (Å²) in [6, 6.07) is 10.5. The van der Waals surface area contributed by atoms with E-state index in [9.17, 15) is 4.79 Å². The third kappa shape index (κ3) is 2.49. The van der Waals surface area contributed by atoms with E-state index in [1.54, 1.807) is 6.20 Å². The van der Waals surface area contributed by atoms with Gasteiger partial charge in [-0.1, -0.05) is 12.1 Å². The smallest absolute Gasteiger partial charge is 0.237 e. The fraction of sp³-hybridized carbons (Fsp3) is 0.348. The fourth-order valence-electron chi connectivity index (χ4n) is 4.00. The maximum Gasteiger partial charge on any atom is 0.237 e. The van der Waals surface area contributed by atoms with E-state index in [1.165, 1.54) is 0 Å². The molecule has 0 radical (unpaired) electrons. The zero-order valence-electron chi connectivity index (χ0n) is 16.6. The first kappa shape index (κ1) is 17.2. The molecule has 0 atom stereocenters. The van der Waals surface area contributed by atoms with Crippen LogP contribution in [-0.4, -0.2) is 21.9 Å². The minimum absolute atomic E-state index is 0.197. The number of oxazole rings is 1. The van der Waals surface area contributed by atoms with Gasteiger partial charge in [-0.05, 0) is 64.3 Å². The first-order valence-corrected chi connectivity index (χ1v) is 9.75. The Balaban J connectivity index is 1.59. The van der Waals surface area contributed by atoms with Gasteiger partial charge in [0.25, 0.3) is 0 Å². The highest BCUT2D eigenvalue weighted by molar-refractivity contribution is 6.08. The Kier molecular flexibility index (Phi) is 3.54. The number of rotatable bonds is 3. The third-order valence-electron chi connectivity index (χ3n) is 5.81. The number of hydrogen-bond acceptors (Lipinski definition) is 4. The van der Waals surface area contributed by atoms with Crippen molar-refractivity contribution in [3.63, 3.8) is 0 Å². The van der Waals surface area contributed by atoms with E-state index in [0.29, 0.717) is 11.9 Å². The van der Waals surface area contributed by atoms with E-state index in [2.05, 4.69) is 22.1 Å². The standard InChI is InChI=1S/C23H23N3O2/c1-13-5-6-16(12-24-13)21-25-14(2)20(28-21)15-7-10-18-19(11-15)26(17-8-9-17)22(27)23(18,3)4/h5-7,10-12,17H,8-9H2,1-4H3. The van der Waals surface area contributed by atoms with Crippen LogP contribution in [0.3, 0.4) is 0 Å². The molecule has 0 spiro atoms. The molecule has 28 heavy (non-hydrogen) atoms. The highest BCUT2D eigenvalue weighted by Crippen LogP contribution is 2.48. The monoisotopic (exact) mass is 373 g/mol. The van der Waals surface area contributed by atoms with Crippen LogP contribution in [0.1, 0.15) is 43.6 Å². The molecule has 5 heteroatoms. The van der Waals surface area contributed by atoms with Crippen LogP contribution < -0.4 is 4.90 Å². The number of pyridine rings is 1. The minimum atomic E-state index is -0.481. The van der Waals surface area contributed by atoms with E-state index in [0.717, 1.165) is 52.4 Å². The molecule has 1 aliphatic heterocycles. The molecule has 1 aromatic carbocycles. The van der Waals surface area contributed by atoms with Crippen molar-refractivity contribution in [1.82, 2.24) is 9.97 Å². The van der Waals surface area contributed by atoms with Gasteiger partial charge in [0.2, 0.25) is 11.8 Å². The van der Waals surface area contributed by atoms with Crippen LogP contribution in [-0.2, 0) is 10.2 Å². The maximum atomic E-state index is 13.0. The first-order chi connectivity index (χ1) is 13.4. The average molecular weight is 373 g/mol. The summed E-state index contributed by atoms with van der Waals surface area (Å²) in [6.45, 7) is 7.93. The molecule has 1 saturated carbocycles. The van der Waals surface area contributed by atoms with Crippen molar-refractivity contribution in [2.75, 3.05) is 4.90 Å². The van der Waals surface area contributed by atoms with Gasteiger partial charge in [0.1, 0.15) is 0 Å². The Hall–Kier alpha value is -2.95. The van der Waals surface area contributed by atoms with E-state index in [1.807, 2.05) is 50.8 Å². The van der Waals surface area contributed by atoms with Crippen LogP contribution in [0.15, 0.2) is 40.9 Å². The molecule has 2 aromatic heterocycles. The van der Waals surface area contributed by atoms with Crippen molar-refractivity contribution in [2.24, 2.45) is 0 Å². The van der Waals surface area contributed by atoms with Crippen LogP contribution >= 0.6 is 0 Å². The Bertz CT molecular complexity index is 1090. The number of fused-ring (bicyclic) bond motifs is 1. The van der Waals surface area contributed by atoms with Gasteiger partial charge in [-0.15, -0.1) is 0 Å². The fourth-order valence-corrected chi connectivity index (χ4v) is 4.00. The lowest BCUT2D eigenvalue weighted by Crippen LogP contribution is -2.37. The van der Waals surface area contributed by atoms with Gasteiger partial charge in [0, 0.05) is 29.2 Å². The third-order valence-corrected chi connectivity index (χ3v) is 5.81. The molecule has 5 rings (SSSR count). The minimum Gasteiger partial charge on any atom is -0.436 e. The first-order valence-electron chi connectivity index (χ1n) is 9.75. The summed E-state index contributed by atoms with van der Waals surface area (Å²) in [6.07, 6.45) is 3.94. The lowest BCUT2D eigenvalue weighted by molar-refractivity contribution is -0.122. The molecular formula is C23H23N3O2. The predicted octanol–water partition coefficient (Wildman–Crippen LogP) is 4.81. The number of aromatic nitrogens is 2. The second kappa shape index (κ2) is 5.77. The summed E-state index contributed by atoms with van der Waals surface area (Å²) in [7, 11) is 0. The molecule has 1 aliphatic carbocycles. The average Bonchev–Trinajstić information content (AvgIpc) is 3.39. The number of hydrogen-bond donors (Lipinski definition) is 0. The Morgan fingerprint density at radius 1 is 1.11 bits per heavy atom. The Labute approximate surface area is 164 Å². The molecule has 0 saturated heterocycles. The molecule has 1 fully saturated rings. The van der Waals surface area contributed by atoms with E-state index in [-0.39, 0.29) is 5.91 Å². The van der Waals surface area contributed by atoms with Gasteiger partial charge in [0.05, 0.1) is 16.7 Å². The van der Waals surface area contributed by atoms with Crippen molar-refractivity contribution in [1.29, 1.82) is 0 Å². The molecule has 3 heterocycles. The largest absolute Gasteiger partial charge is 0.436 e. The maximum absolute atomic E-state index is 13.0. The number of nitrogens with zero attached hydrogens (tertiary/aromatic N) is 3. The van der Waals surface area contributed by atoms with Crippen LogP contribution in [0.4, 0.5) is 5.69 Å². The molecule has 5 nitrogen and oxygen atoms in total. The lowest BCUT2D eigenvalue weighted by Gasteiger charge is -2.19. The Morgan fingerprint density at radius 2 is 1.86 bits per heavy atom. The van der Waals surface area contributed by atoms with Crippen LogP contribution in [0.5, 0.6) is 0 Å². The zero-order chi connectivity index (χ0) is 19.6. The van der Waals surface area contributed by atoms with Crippen LogP contribution in [0.25, 0.3) is 22.8 Å². The SMILES string of the molecule is Cc1ccc(-c2nc(C)c(-c3ccc4c(c3)N(C3CC3)C(=O)C4(C)C)o2)cn1. The van der Waals surface area contributed by atoms with Gasteiger partial charge in [0.15, 0.2) is 5.76 Å². The summed E-state index contributed by atoms with van der Waals surface area (Å²) >= 11 is 0. The van der Waals surface area contributed by atoms with Crippen molar-refractivity contribution >= 4 is 11.6 Å². The molecule has 142 valence electrons. The van der Waals surface area contributed by atoms with Gasteiger partial charge in [-0.25, -0.2) is 4.98 Å². The highest BCUT2D eigenvalue weighted by Gasteiger charge is 2.49. The van der Waals surface area contributed by atoms with E-state index >= 15 is 0 Å². The van der Waals surface area contributed by atoms with Gasteiger partial charge in [-0.2, -0.15) is 0 Å². The molecular weight excluding hydrogens is 350 g/mol. The zero-order valence-corrected chi connectivity index (χ0v) is 16.6. The summed E-state index contributed by atoms with van der Waals surface area (Å²) in [5, 5.41) is 0. The highest BCUT2D eigenvalue weighted by atomic mass is 16.4.